The van der Waals surface area contributed by atoms with Gasteiger partial charge in [0.15, 0.2) is 5.78 Å². The number of benzene rings is 2. The smallest absolute Gasteiger partial charge is 0.241 e. The van der Waals surface area contributed by atoms with Crippen molar-refractivity contribution >= 4 is 17.4 Å². The van der Waals surface area contributed by atoms with Gasteiger partial charge in [-0.05, 0) is 81.9 Å². The average molecular weight is 364 g/mol. The van der Waals surface area contributed by atoms with Crippen LogP contribution in [-0.2, 0) is 11.2 Å². The van der Waals surface area contributed by atoms with Gasteiger partial charge in [0.2, 0.25) is 5.91 Å². The highest BCUT2D eigenvalue weighted by Crippen LogP contribution is 2.23. The summed E-state index contributed by atoms with van der Waals surface area (Å²) >= 11 is 0. The van der Waals surface area contributed by atoms with E-state index in [0.717, 1.165) is 38.0 Å². The summed E-state index contributed by atoms with van der Waals surface area (Å²) in [7, 11) is 0. The van der Waals surface area contributed by atoms with Gasteiger partial charge in [0.25, 0.3) is 0 Å². The van der Waals surface area contributed by atoms with Gasteiger partial charge in [-0.3, -0.25) is 14.5 Å². The summed E-state index contributed by atoms with van der Waals surface area (Å²) in [6.45, 7) is 5.42. The fourth-order valence-corrected chi connectivity index (χ4v) is 3.69. The highest BCUT2D eigenvalue weighted by atomic mass is 16.2. The van der Waals surface area contributed by atoms with Gasteiger partial charge in [-0.2, -0.15) is 0 Å². The minimum absolute atomic E-state index is 0.00656. The van der Waals surface area contributed by atoms with Crippen LogP contribution in [0.15, 0.2) is 54.6 Å². The van der Waals surface area contributed by atoms with Crippen molar-refractivity contribution in [2.45, 2.75) is 39.2 Å². The second-order valence-electron chi connectivity index (χ2n) is 7.47. The lowest BCUT2D eigenvalue weighted by Crippen LogP contribution is -2.46. The van der Waals surface area contributed by atoms with Crippen molar-refractivity contribution in [3.05, 3.63) is 65.7 Å². The van der Waals surface area contributed by atoms with E-state index in [1.54, 1.807) is 24.3 Å². The van der Waals surface area contributed by atoms with Crippen molar-refractivity contribution < 1.29 is 9.59 Å². The van der Waals surface area contributed by atoms with E-state index >= 15 is 0 Å². The number of Topliss-reactive ketones (excluding diaryl/α,β-unsaturated/α-hetero) is 1. The third-order valence-corrected chi connectivity index (χ3v) is 5.50. The summed E-state index contributed by atoms with van der Waals surface area (Å²) in [5.74, 6) is 0.727. The summed E-state index contributed by atoms with van der Waals surface area (Å²) in [5, 5.41) is 2.96. The molecule has 1 aliphatic rings. The first kappa shape index (κ1) is 19.3. The van der Waals surface area contributed by atoms with Crippen LogP contribution in [0.2, 0.25) is 0 Å². The second-order valence-corrected chi connectivity index (χ2v) is 7.47. The highest BCUT2D eigenvalue weighted by molar-refractivity contribution is 5.96. The fourth-order valence-electron chi connectivity index (χ4n) is 3.69. The molecule has 1 atom stereocenters. The predicted molar refractivity (Wildman–Crippen MR) is 109 cm³/mol. The normalized spacial score (nSPS) is 16.7. The Hall–Kier alpha value is -2.46. The summed E-state index contributed by atoms with van der Waals surface area (Å²) in [5.41, 5.74) is 2.79. The predicted octanol–water partition coefficient (Wildman–Crippen LogP) is 4.17. The van der Waals surface area contributed by atoms with E-state index in [1.165, 1.54) is 12.5 Å². The molecule has 4 heteroatoms. The first-order chi connectivity index (χ1) is 13.0. The van der Waals surface area contributed by atoms with E-state index in [-0.39, 0.29) is 17.7 Å². The third kappa shape index (κ3) is 5.27. The number of anilines is 1. The molecule has 1 amide bonds. The van der Waals surface area contributed by atoms with Gasteiger partial charge in [0.1, 0.15) is 0 Å². The number of hydrogen-bond donors (Lipinski definition) is 1. The van der Waals surface area contributed by atoms with E-state index in [0.29, 0.717) is 11.5 Å². The van der Waals surface area contributed by atoms with Gasteiger partial charge >= 0.3 is 0 Å². The Morgan fingerprint density at radius 3 is 2.26 bits per heavy atom. The molecule has 4 nitrogen and oxygen atoms in total. The van der Waals surface area contributed by atoms with Crippen molar-refractivity contribution in [1.82, 2.24) is 4.90 Å². The van der Waals surface area contributed by atoms with Crippen LogP contribution >= 0.6 is 0 Å². The molecule has 1 N–H and O–H groups in total. The average Bonchev–Trinajstić information content (AvgIpc) is 2.69. The van der Waals surface area contributed by atoms with Crippen LogP contribution in [0.3, 0.4) is 0 Å². The Balaban J connectivity index is 1.48. The van der Waals surface area contributed by atoms with Crippen LogP contribution in [0, 0.1) is 5.92 Å². The number of nitrogens with one attached hydrogen (secondary N) is 1. The van der Waals surface area contributed by atoms with E-state index in [9.17, 15) is 9.59 Å². The lowest BCUT2D eigenvalue weighted by atomic mass is 9.89. The van der Waals surface area contributed by atoms with E-state index < -0.39 is 0 Å². The molecule has 2 aromatic rings. The zero-order chi connectivity index (χ0) is 19.2. The van der Waals surface area contributed by atoms with Crippen LogP contribution in [0.5, 0.6) is 0 Å². The number of carbonyl (C=O) groups excluding carboxylic acids is 2. The van der Waals surface area contributed by atoms with Crippen LogP contribution < -0.4 is 5.32 Å². The number of piperidine rings is 1. The molecule has 0 spiro atoms. The van der Waals surface area contributed by atoms with Gasteiger partial charge in [-0.1, -0.05) is 30.3 Å². The molecule has 0 saturated carbocycles. The molecule has 0 aliphatic carbocycles. The van der Waals surface area contributed by atoms with Gasteiger partial charge in [0, 0.05) is 11.3 Å². The molecule has 1 fully saturated rings. The maximum absolute atomic E-state index is 12.6. The summed E-state index contributed by atoms with van der Waals surface area (Å²) in [4.78, 5) is 26.2. The van der Waals surface area contributed by atoms with Crippen molar-refractivity contribution in [2.24, 2.45) is 5.92 Å². The number of likely N-dealkylation sites (tertiary alicyclic amines) is 1. The van der Waals surface area contributed by atoms with Gasteiger partial charge in [-0.15, -0.1) is 0 Å². The third-order valence-electron chi connectivity index (χ3n) is 5.50. The van der Waals surface area contributed by atoms with E-state index in [4.69, 9.17) is 0 Å². The molecule has 1 unspecified atom stereocenters. The number of carbonyl (C=O) groups is 2. The zero-order valence-corrected chi connectivity index (χ0v) is 16.2. The maximum Gasteiger partial charge on any atom is 0.241 e. The number of ketones is 1. The molecular weight excluding hydrogens is 336 g/mol. The first-order valence-electron chi connectivity index (χ1n) is 9.73. The molecule has 0 aromatic heterocycles. The molecular formula is C23H28N2O2. The Labute approximate surface area is 161 Å². The fraction of sp³-hybridized carbons (Fsp3) is 0.391. The van der Waals surface area contributed by atoms with Crippen LogP contribution in [-0.4, -0.2) is 35.7 Å². The Kier molecular flexibility index (Phi) is 6.40. The molecule has 1 saturated heterocycles. The molecule has 142 valence electrons. The number of rotatable bonds is 6. The summed E-state index contributed by atoms with van der Waals surface area (Å²) in [6.07, 6.45) is 3.37. The quantitative estimate of drug-likeness (QED) is 0.783. The number of nitrogens with zero attached hydrogens (tertiary/aromatic N) is 1. The summed E-state index contributed by atoms with van der Waals surface area (Å²) < 4.78 is 0. The van der Waals surface area contributed by atoms with Crippen molar-refractivity contribution in [2.75, 3.05) is 18.4 Å². The zero-order valence-electron chi connectivity index (χ0n) is 16.2. The molecule has 1 heterocycles. The van der Waals surface area contributed by atoms with Crippen LogP contribution in [0.4, 0.5) is 5.69 Å². The van der Waals surface area contributed by atoms with Crippen LogP contribution in [0.1, 0.15) is 42.6 Å². The minimum atomic E-state index is -0.157. The molecule has 0 bridgehead atoms. The Morgan fingerprint density at radius 1 is 1.04 bits per heavy atom. The molecule has 27 heavy (non-hydrogen) atoms. The van der Waals surface area contributed by atoms with Gasteiger partial charge in [-0.25, -0.2) is 0 Å². The lowest BCUT2D eigenvalue weighted by Gasteiger charge is -2.35. The van der Waals surface area contributed by atoms with Crippen LogP contribution in [0.25, 0.3) is 0 Å². The number of amides is 1. The molecule has 1 aliphatic heterocycles. The highest BCUT2D eigenvalue weighted by Gasteiger charge is 2.26. The SMILES string of the molecule is CC(=O)c1ccc(NC(=O)C(C)N2CCC(Cc3ccccc3)CC2)cc1. The van der Waals surface area contributed by atoms with Crippen molar-refractivity contribution in [3.8, 4) is 0 Å². The monoisotopic (exact) mass is 364 g/mol. The molecule has 3 rings (SSSR count). The van der Waals surface area contributed by atoms with Gasteiger partial charge < -0.3 is 5.32 Å². The molecule has 0 radical (unpaired) electrons. The summed E-state index contributed by atoms with van der Waals surface area (Å²) in [6, 6.07) is 17.5. The Morgan fingerprint density at radius 2 is 1.67 bits per heavy atom. The lowest BCUT2D eigenvalue weighted by molar-refractivity contribution is -0.121. The standard InChI is InChI=1S/C23H28N2O2/c1-17(23(27)24-22-10-8-21(9-11-22)18(2)26)25-14-12-20(13-15-25)16-19-6-4-3-5-7-19/h3-11,17,20H,12-16H2,1-2H3,(H,24,27). The second kappa shape index (κ2) is 8.96. The largest absolute Gasteiger partial charge is 0.325 e. The van der Waals surface area contributed by atoms with Crippen molar-refractivity contribution in [3.63, 3.8) is 0 Å². The van der Waals surface area contributed by atoms with E-state index in [1.807, 2.05) is 6.92 Å². The van der Waals surface area contributed by atoms with E-state index in [2.05, 4.69) is 40.5 Å². The Bertz CT molecular complexity index is 763. The maximum atomic E-state index is 12.6. The number of hydrogen-bond acceptors (Lipinski definition) is 3. The minimum Gasteiger partial charge on any atom is -0.325 e. The van der Waals surface area contributed by atoms with Crippen molar-refractivity contribution in [1.29, 1.82) is 0 Å². The topological polar surface area (TPSA) is 49.4 Å². The van der Waals surface area contributed by atoms with Gasteiger partial charge in [0.05, 0.1) is 6.04 Å². The first-order valence-corrected chi connectivity index (χ1v) is 9.73. The molecule has 2 aromatic carbocycles.